The predicted molar refractivity (Wildman–Crippen MR) is 97.1 cm³/mol. The summed E-state index contributed by atoms with van der Waals surface area (Å²) in [5.74, 6) is 0.0189. The minimum atomic E-state index is -0.0934. The van der Waals surface area contributed by atoms with Crippen LogP contribution in [0.15, 0.2) is 22.6 Å². The fourth-order valence-electron chi connectivity index (χ4n) is 2.49. The van der Waals surface area contributed by atoms with E-state index in [0.29, 0.717) is 11.6 Å². The van der Waals surface area contributed by atoms with Gasteiger partial charge in [0.2, 0.25) is 5.91 Å². The molecule has 1 aromatic carbocycles. The summed E-state index contributed by atoms with van der Waals surface area (Å²) in [7, 11) is 3.75. The predicted octanol–water partition coefficient (Wildman–Crippen LogP) is 2.82. The molecule has 6 nitrogen and oxygen atoms in total. The van der Waals surface area contributed by atoms with Crippen molar-refractivity contribution in [1.29, 1.82) is 0 Å². The zero-order chi connectivity index (χ0) is 14.8. The number of nitrogens with one attached hydrogen (secondary N) is 2. The first-order valence-corrected chi connectivity index (χ1v) is 7.25. The molecule has 1 amide bonds. The molecule has 128 valence electrons. The van der Waals surface area contributed by atoms with Gasteiger partial charge in [0.05, 0.1) is 6.04 Å². The number of hydrogen-bond acceptors (Lipinski definition) is 5. The lowest BCUT2D eigenvalue weighted by molar-refractivity contribution is -0.118. The third-order valence-electron chi connectivity index (χ3n) is 3.65. The minimum absolute atomic E-state index is 0. The van der Waals surface area contributed by atoms with Gasteiger partial charge in [-0.1, -0.05) is 6.42 Å². The Morgan fingerprint density at radius 1 is 1.35 bits per heavy atom. The third-order valence-corrected chi connectivity index (χ3v) is 3.65. The monoisotopic (exact) mass is 360 g/mol. The van der Waals surface area contributed by atoms with E-state index < -0.39 is 0 Å². The van der Waals surface area contributed by atoms with Gasteiger partial charge < -0.3 is 20.0 Å². The van der Waals surface area contributed by atoms with Crippen molar-refractivity contribution in [3.8, 4) is 0 Å². The van der Waals surface area contributed by atoms with Crippen LogP contribution in [0.2, 0.25) is 0 Å². The van der Waals surface area contributed by atoms with Gasteiger partial charge in [-0.05, 0) is 37.6 Å². The van der Waals surface area contributed by atoms with Crippen LogP contribution in [0.25, 0.3) is 11.1 Å². The van der Waals surface area contributed by atoms with Gasteiger partial charge in [-0.2, -0.15) is 4.98 Å². The van der Waals surface area contributed by atoms with Gasteiger partial charge in [-0.3, -0.25) is 4.79 Å². The van der Waals surface area contributed by atoms with Crippen molar-refractivity contribution in [3.05, 3.63) is 18.2 Å². The number of fused-ring (bicyclic) bond motifs is 1. The zero-order valence-corrected chi connectivity index (χ0v) is 14.8. The molecule has 8 heteroatoms. The molecule has 0 spiro atoms. The van der Waals surface area contributed by atoms with E-state index in [1.165, 1.54) is 0 Å². The normalized spacial score (nSPS) is 17.0. The summed E-state index contributed by atoms with van der Waals surface area (Å²) in [6, 6.07) is 5.98. The number of benzene rings is 1. The highest BCUT2D eigenvalue weighted by molar-refractivity contribution is 5.96. The summed E-state index contributed by atoms with van der Waals surface area (Å²) in [6.07, 6.45) is 3.13. The molecule has 2 heterocycles. The molecule has 1 atom stereocenters. The van der Waals surface area contributed by atoms with Crippen LogP contribution in [0.1, 0.15) is 19.3 Å². The molecule has 0 saturated carbocycles. The van der Waals surface area contributed by atoms with Gasteiger partial charge in [-0.25, -0.2) is 0 Å². The fraction of sp³-hybridized carbons (Fsp3) is 0.467. The summed E-state index contributed by atoms with van der Waals surface area (Å²) < 4.78 is 5.60. The van der Waals surface area contributed by atoms with E-state index in [2.05, 4.69) is 15.6 Å². The highest BCUT2D eigenvalue weighted by atomic mass is 35.5. The number of oxazole rings is 1. The van der Waals surface area contributed by atoms with E-state index in [9.17, 15) is 4.79 Å². The number of carbonyl (C=O) groups is 1. The number of hydrogen-bond donors (Lipinski definition) is 2. The molecule has 3 rings (SSSR count). The maximum absolute atomic E-state index is 12.2. The lowest BCUT2D eigenvalue weighted by atomic mass is 10.0. The van der Waals surface area contributed by atoms with Gasteiger partial charge >= 0.3 is 0 Å². The Labute approximate surface area is 147 Å². The Morgan fingerprint density at radius 3 is 2.78 bits per heavy atom. The Kier molecular flexibility index (Phi) is 7.12. The SMILES string of the molecule is CN(C)c1nc2cc(NC(=O)[C@H]3CCCCN3)ccc2o1.Cl.Cl. The number of carbonyl (C=O) groups excluding carboxylic acids is 1. The van der Waals surface area contributed by atoms with Crippen molar-refractivity contribution in [2.75, 3.05) is 30.9 Å². The van der Waals surface area contributed by atoms with Crippen LogP contribution in [0.4, 0.5) is 11.7 Å². The standard InChI is InChI=1S/C15H20N4O2.2ClH/c1-19(2)15-18-12-9-10(6-7-13(12)21-15)17-14(20)11-5-3-4-8-16-11;;/h6-7,9,11,16H,3-5,8H2,1-2H3,(H,17,20);2*1H/t11-;;/m1../s1. The molecule has 2 aromatic rings. The number of anilines is 2. The van der Waals surface area contributed by atoms with Crippen molar-refractivity contribution < 1.29 is 9.21 Å². The van der Waals surface area contributed by atoms with Crippen LogP contribution >= 0.6 is 24.8 Å². The number of aromatic nitrogens is 1. The van der Waals surface area contributed by atoms with Crippen molar-refractivity contribution >= 4 is 53.5 Å². The van der Waals surface area contributed by atoms with Gasteiger partial charge in [0.15, 0.2) is 5.58 Å². The van der Waals surface area contributed by atoms with Crippen molar-refractivity contribution in [1.82, 2.24) is 10.3 Å². The molecular formula is C15H22Cl2N4O2. The third kappa shape index (κ3) is 4.50. The Morgan fingerprint density at radius 2 is 2.13 bits per heavy atom. The molecule has 1 aromatic heterocycles. The highest BCUT2D eigenvalue weighted by Crippen LogP contribution is 2.23. The molecule has 1 aliphatic rings. The lowest BCUT2D eigenvalue weighted by Crippen LogP contribution is -2.43. The van der Waals surface area contributed by atoms with E-state index in [-0.39, 0.29) is 36.8 Å². The zero-order valence-electron chi connectivity index (χ0n) is 13.2. The summed E-state index contributed by atoms with van der Waals surface area (Å²) in [6.45, 7) is 0.909. The first-order valence-electron chi connectivity index (χ1n) is 7.25. The van der Waals surface area contributed by atoms with Gasteiger partial charge in [-0.15, -0.1) is 24.8 Å². The van der Waals surface area contributed by atoms with Crippen LogP contribution in [0, 0.1) is 0 Å². The Hall–Kier alpha value is -1.50. The molecule has 0 radical (unpaired) electrons. The topological polar surface area (TPSA) is 70.4 Å². The second kappa shape index (κ2) is 8.38. The lowest BCUT2D eigenvalue weighted by Gasteiger charge is -2.22. The number of amides is 1. The number of nitrogens with zero attached hydrogens (tertiary/aromatic N) is 2. The van der Waals surface area contributed by atoms with Crippen molar-refractivity contribution in [2.24, 2.45) is 0 Å². The molecular weight excluding hydrogens is 339 g/mol. The largest absolute Gasteiger partial charge is 0.423 e. The van der Waals surface area contributed by atoms with Crippen molar-refractivity contribution in [3.63, 3.8) is 0 Å². The fourth-order valence-corrected chi connectivity index (χ4v) is 2.49. The van der Waals surface area contributed by atoms with Crippen LogP contribution in [-0.2, 0) is 4.79 Å². The van der Waals surface area contributed by atoms with Crippen LogP contribution in [-0.4, -0.2) is 37.6 Å². The Balaban J connectivity index is 0.00000132. The molecule has 0 unspecified atom stereocenters. The summed E-state index contributed by atoms with van der Waals surface area (Å²) in [4.78, 5) is 18.4. The van der Waals surface area contributed by atoms with Crippen molar-refractivity contribution in [2.45, 2.75) is 25.3 Å². The van der Waals surface area contributed by atoms with E-state index in [1.54, 1.807) is 0 Å². The first-order chi connectivity index (χ1) is 10.1. The molecule has 1 saturated heterocycles. The summed E-state index contributed by atoms with van der Waals surface area (Å²) in [5, 5.41) is 6.19. The average molecular weight is 361 g/mol. The first kappa shape index (κ1) is 19.5. The number of halogens is 2. The van der Waals surface area contributed by atoms with Gasteiger partial charge in [0.25, 0.3) is 6.01 Å². The van der Waals surface area contributed by atoms with E-state index >= 15 is 0 Å². The second-order valence-electron chi connectivity index (χ2n) is 5.57. The molecule has 2 N–H and O–H groups in total. The second-order valence-corrected chi connectivity index (χ2v) is 5.57. The maximum atomic E-state index is 12.2. The summed E-state index contributed by atoms with van der Waals surface area (Å²) in [5.41, 5.74) is 2.21. The molecule has 0 bridgehead atoms. The quantitative estimate of drug-likeness (QED) is 0.880. The number of piperidine rings is 1. The highest BCUT2D eigenvalue weighted by Gasteiger charge is 2.20. The van der Waals surface area contributed by atoms with Crippen LogP contribution in [0.3, 0.4) is 0 Å². The molecule has 1 aliphatic heterocycles. The molecule has 0 aliphatic carbocycles. The average Bonchev–Trinajstić information content (AvgIpc) is 2.91. The minimum Gasteiger partial charge on any atom is -0.423 e. The van der Waals surface area contributed by atoms with Crippen LogP contribution in [0.5, 0.6) is 0 Å². The van der Waals surface area contributed by atoms with Gasteiger partial charge in [0.1, 0.15) is 5.52 Å². The molecule has 1 fully saturated rings. The maximum Gasteiger partial charge on any atom is 0.297 e. The molecule has 23 heavy (non-hydrogen) atoms. The smallest absolute Gasteiger partial charge is 0.297 e. The van der Waals surface area contributed by atoms with E-state index in [4.69, 9.17) is 4.42 Å². The number of rotatable bonds is 3. The van der Waals surface area contributed by atoms with E-state index in [1.807, 2.05) is 37.2 Å². The van der Waals surface area contributed by atoms with Gasteiger partial charge in [0, 0.05) is 19.8 Å². The van der Waals surface area contributed by atoms with Crippen LogP contribution < -0.4 is 15.5 Å². The van der Waals surface area contributed by atoms with E-state index in [0.717, 1.165) is 37.0 Å². The summed E-state index contributed by atoms with van der Waals surface area (Å²) >= 11 is 0. The Bertz CT molecular complexity index is 654.